The zero-order valence-electron chi connectivity index (χ0n) is 17.7. The molecule has 0 saturated carbocycles. The van der Waals surface area contributed by atoms with Crippen molar-refractivity contribution in [1.29, 1.82) is 16.1 Å². The van der Waals surface area contributed by atoms with Crippen LogP contribution in [-0.2, 0) is 15.7 Å². The summed E-state index contributed by atoms with van der Waals surface area (Å²) >= 11 is 5.98. The molecule has 2 aromatic rings. The summed E-state index contributed by atoms with van der Waals surface area (Å²) in [5.41, 5.74) is 4.56. The molecular weight excluding hydrogens is 457 g/mol. The number of carbonyl (C=O) groups excluding carboxylic acids is 1. The maximum atomic E-state index is 12.7. The number of hydrogen-bond acceptors (Lipinski definition) is 6. The standard InChI is InChI=1S/C18H11ClF3N3.C5H11NO2/c19-15-8-12(6-13(9-15)17(25)16(24)10-23)5-4-11-2-1-3-14(7-11)18(20,21)22;1-2-3-5(7)8-4-6/h1-9,24-25H;2-4,6H2,1H3/b5-4+,24-16?,25-17?;. The predicted octanol–water partition coefficient (Wildman–Crippen LogP) is 5.69. The van der Waals surface area contributed by atoms with E-state index in [0.29, 0.717) is 17.5 Å². The van der Waals surface area contributed by atoms with Crippen LogP contribution in [0.2, 0.25) is 5.02 Å². The Labute approximate surface area is 194 Å². The van der Waals surface area contributed by atoms with Gasteiger partial charge in [0.05, 0.1) is 11.3 Å². The van der Waals surface area contributed by atoms with Crippen LogP contribution >= 0.6 is 11.6 Å². The summed E-state index contributed by atoms with van der Waals surface area (Å²) in [6.45, 7) is 1.91. The minimum absolute atomic E-state index is 0.00116. The van der Waals surface area contributed by atoms with Crippen molar-refractivity contribution < 1.29 is 22.7 Å². The molecule has 4 N–H and O–H groups in total. The average Bonchev–Trinajstić information content (AvgIpc) is 2.76. The van der Waals surface area contributed by atoms with Crippen molar-refractivity contribution in [3.05, 3.63) is 69.7 Å². The van der Waals surface area contributed by atoms with Gasteiger partial charge in [0, 0.05) is 17.0 Å². The molecule has 6 nitrogen and oxygen atoms in total. The van der Waals surface area contributed by atoms with E-state index in [2.05, 4.69) is 4.74 Å². The van der Waals surface area contributed by atoms with Crippen molar-refractivity contribution >= 4 is 41.1 Å². The number of nitriles is 1. The lowest BCUT2D eigenvalue weighted by Gasteiger charge is -2.07. The maximum absolute atomic E-state index is 12.7. The molecule has 0 radical (unpaired) electrons. The van der Waals surface area contributed by atoms with Crippen LogP contribution in [0.5, 0.6) is 0 Å². The number of esters is 1. The van der Waals surface area contributed by atoms with E-state index in [4.69, 9.17) is 33.4 Å². The van der Waals surface area contributed by atoms with E-state index in [1.807, 2.05) is 6.92 Å². The quantitative estimate of drug-likeness (QED) is 0.205. The molecule has 0 spiro atoms. The van der Waals surface area contributed by atoms with Gasteiger partial charge in [0.1, 0.15) is 12.8 Å². The number of nitrogens with two attached hydrogens (primary N) is 1. The number of benzene rings is 2. The first kappa shape index (κ1) is 27.6. The van der Waals surface area contributed by atoms with Crippen molar-refractivity contribution in [3.8, 4) is 6.07 Å². The smallest absolute Gasteiger partial charge is 0.416 e. The molecule has 0 heterocycles. The third-order valence-corrected chi connectivity index (χ3v) is 4.17. The predicted molar refractivity (Wildman–Crippen MR) is 122 cm³/mol. The van der Waals surface area contributed by atoms with E-state index in [-0.39, 0.29) is 29.0 Å². The Morgan fingerprint density at radius 1 is 1.18 bits per heavy atom. The molecule has 2 rings (SSSR count). The van der Waals surface area contributed by atoms with Crippen molar-refractivity contribution in [2.24, 2.45) is 5.73 Å². The van der Waals surface area contributed by atoms with Gasteiger partial charge in [-0.25, -0.2) is 0 Å². The second-order valence-electron chi connectivity index (χ2n) is 6.52. The number of hydrogen-bond donors (Lipinski definition) is 3. The topological polar surface area (TPSA) is 124 Å². The monoisotopic (exact) mass is 478 g/mol. The first-order valence-corrected chi connectivity index (χ1v) is 9.99. The van der Waals surface area contributed by atoms with Crippen LogP contribution < -0.4 is 5.73 Å². The molecule has 0 aliphatic carbocycles. The molecule has 0 aliphatic heterocycles. The highest BCUT2D eigenvalue weighted by Crippen LogP contribution is 2.30. The van der Waals surface area contributed by atoms with E-state index >= 15 is 0 Å². The minimum Gasteiger partial charge on any atom is -0.450 e. The highest BCUT2D eigenvalue weighted by molar-refractivity contribution is 6.51. The van der Waals surface area contributed by atoms with Crippen LogP contribution in [0.3, 0.4) is 0 Å². The average molecular weight is 479 g/mol. The lowest BCUT2D eigenvalue weighted by molar-refractivity contribution is -0.143. The van der Waals surface area contributed by atoms with Crippen molar-refractivity contribution in [1.82, 2.24) is 0 Å². The first-order valence-electron chi connectivity index (χ1n) is 9.61. The number of ether oxygens (including phenoxy) is 1. The molecule has 0 aliphatic rings. The summed E-state index contributed by atoms with van der Waals surface area (Å²) in [6.07, 6.45) is -0.0894. The molecule has 0 amide bonds. The van der Waals surface area contributed by atoms with Gasteiger partial charge in [-0.15, -0.1) is 0 Å². The van der Waals surface area contributed by atoms with Crippen LogP contribution in [0.15, 0.2) is 42.5 Å². The fourth-order valence-corrected chi connectivity index (χ4v) is 2.68. The Morgan fingerprint density at radius 3 is 2.42 bits per heavy atom. The van der Waals surface area contributed by atoms with Gasteiger partial charge in [-0.05, 0) is 47.9 Å². The molecule has 33 heavy (non-hydrogen) atoms. The van der Waals surface area contributed by atoms with Gasteiger partial charge in [-0.3, -0.25) is 21.3 Å². The number of halogens is 4. The number of nitrogens with zero attached hydrogens (tertiary/aromatic N) is 1. The summed E-state index contributed by atoms with van der Waals surface area (Å²) in [7, 11) is 0. The summed E-state index contributed by atoms with van der Waals surface area (Å²) in [4.78, 5) is 10.3. The van der Waals surface area contributed by atoms with E-state index in [1.54, 1.807) is 18.2 Å². The number of nitrogens with one attached hydrogen (secondary N) is 2. The molecule has 174 valence electrons. The van der Waals surface area contributed by atoms with Gasteiger partial charge >= 0.3 is 12.1 Å². The fourth-order valence-electron chi connectivity index (χ4n) is 2.43. The van der Waals surface area contributed by atoms with Crippen molar-refractivity contribution in [2.75, 3.05) is 6.73 Å². The highest BCUT2D eigenvalue weighted by Gasteiger charge is 2.30. The SMILES string of the molecule is CCCC(=O)OCN.N#CC(=N)C(=N)c1cc(Cl)cc(/C=C/c2cccc(C(F)(F)F)c2)c1. The largest absolute Gasteiger partial charge is 0.450 e. The minimum atomic E-state index is -4.42. The summed E-state index contributed by atoms with van der Waals surface area (Å²) in [5, 5.41) is 24.1. The van der Waals surface area contributed by atoms with E-state index in [0.717, 1.165) is 18.6 Å². The Bertz CT molecular complexity index is 1070. The lowest BCUT2D eigenvalue weighted by Crippen LogP contribution is -2.10. The Hall–Kier alpha value is -3.48. The van der Waals surface area contributed by atoms with Crippen LogP contribution in [-0.4, -0.2) is 24.1 Å². The summed E-state index contributed by atoms with van der Waals surface area (Å²) in [5.74, 6) is -0.213. The Balaban J connectivity index is 0.000000582. The first-order chi connectivity index (χ1) is 15.5. The molecule has 0 atom stereocenters. The Morgan fingerprint density at radius 2 is 1.85 bits per heavy atom. The van der Waals surface area contributed by atoms with Gasteiger partial charge in [-0.1, -0.05) is 42.8 Å². The van der Waals surface area contributed by atoms with Gasteiger partial charge in [0.2, 0.25) is 0 Å². The van der Waals surface area contributed by atoms with E-state index < -0.39 is 17.5 Å². The van der Waals surface area contributed by atoms with E-state index in [9.17, 15) is 18.0 Å². The third-order valence-electron chi connectivity index (χ3n) is 3.95. The molecule has 2 aromatic carbocycles. The molecule has 0 fully saturated rings. The lowest BCUT2D eigenvalue weighted by atomic mass is 10.0. The zero-order chi connectivity index (χ0) is 25.0. The van der Waals surface area contributed by atoms with Gasteiger partial charge < -0.3 is 4.74 Å². The number of rotatable bonds is 7. The molecular formula is C23H22ClF3N4O2. The number of carbonyl (C=O) groups is 1. The van der Waals surface area contributed by atoms with Gasteiger partial charge in [0.25, 0.3) is 0 Å². The zero-order valence-corrected chi connectivity index (χ0v) is 18.4. The van der Waals surface area contributed by atoms with Crippen molar-refractivity contribution in [2.45, 2.75) is 25.9 Å². The fraction of sp³-hybridized carbons (Fsp3) is 0.217. The normalized spacial score (nSPS) is 10.7. The Kier molecular flexibility index (Phi) is 11.0. The van der Waals surface area contributed by atoms with Crippen LogP contribution in [0.25, 0.3) is 12.2 Å². The van der Waals surface area contributed by atoms with Gasteiger partial charge in [0.15, 0.2) is 5.71 Å². The van der Waals surface area contributed by atoms with Crippen LogP contribution in [0.4, 0.5) is 13.2 Å². The maximum Gasteiger partial charge on any atom is 0.416 e. The second kappa shape index (κ2) is 13.2. The van der Waals surface area contributed by atoms with Crippen LogP contribution in [0, 0.1) is 22.1 Å². The highest BCUT2D eigenvalue weighted by atomic mass is 35.5. The van der Waals surface area contributed by atoms with E-state index in [1.165, 1.54) is 30.3 Å². The molecule has 0 saturated heterocycles. The molecule has 0 bridgehead atoms. The summed E-state index contributed by atoms with van der Waals surface area (Å²) in [6, 6.07) is 11.0. The number of alkyl halides is 3. The summed E-state index contributed by atoms with van der Waals surface area (Å²) < 4.78 is 42.6. The third kappa shape index (κ3) is 9.68. The molecule has 0 unspecified atom stereocenters. The van der Waals surface area contributed by atoms with Crippen LogP contribution in [0.1, 0.15) is 42.0 Å². The van der Waals surface area contributed by atoms with Crippen molar-refractivity contribution in [3.63, 3.8) is 0 Å². The van der Waals surface area contributed by atoms with Gasteiger partial charge in [-0.2, -0.15) is 18.4 Å². The molecule has 10 heteroatoms. The second-order valence-corrected chi connectivity index (χ2v) is 6.96. The molecule has 0 aromatic heterocycles.